The van der Waals surface area contributed by atoms with Gasteiger partial charge in [0, 0.05) is 42.9 Å². The molecule has 1 saturated heterocycles. The average Bonchev–Trinajstić information content (AvgIpc) is 3.09. The third-order valence-corrected chi connectivity index (χ3v) is 5.81. The van der Waals surface area contributed by atoms with Crippen LogP contribution in [0, 0.1) is 6.92 Å². The molecule has 0 unspecified atom stereocenters. The minimum Gasteiger partial charge on any atom is -0.337 e. The number of anilines is 1. The molecule has 0 bridgehead atoms. The molecule has 4 rings (SSSR count). The molecule has 2 aromatic rings. The summed E-state index contributed by atoms with van der Waals surface area (Å²) < 4.78 is 0. The molecular weight excluding hydrogens is 328 g/mol. The first-order chi connectivity index (χ1) is 12.5. The molecule has 1 N–H and O–H groups in total. The molecule has 136 valence electrons. The van der Waals surface area contributed by atoms with Gasteiger partial charge in [0.2, 0.25) is 5.91 Å². The molecule has 6 heteroatoms. The molecule has 2 amide bonds. The Morgan fingerprint density at radius 2 is 2.00 bits per heavy atom. The van der Waals surface area contributed by atoms with Gasteiger partial charge in [-0.05, 0) is 44.4 Å². The van der Waals surface area contributed by atoms with E-state index in [2.05, 4.69) is 16.3 Å². The van der Waals surface area contributed by atoms with Crippen LogP contribution >= 0.6 is 0 Å². The van der Waals surface area contributed by atoms with Crippen LogP contribution in [0.2, 0.25) is 0 Å². The number of rotatable bonds is 2. The summed E-state index contributed by atoms with van der Waals surface area (Å²) in [5.41, 5.74) is 3.49. The number of fused-ring (bicyclic) bond motifs is 2. The predicted molar refractivity (Wildman–Crippen MR) is 99.2 cm³/mol. The Bertz CT molecular complexity index is 849. The lowest BCUT2D eigenvalue weighted by atomic mass is 9.67. The zero-order valence-corrected chi connectivity index (χ0v) is 15.3. The van der Waals surface area contributed by atoms with E-state index in [-0.39, 0.29) is 17.2 Å². The number of benzene rings is 1. The third kappa shape index (κ3) is 2.60. The van der Waals surface area contributed by atoms with E-state index in [9.17, 15) is 9.59 Å². The summed E-state index contributed by atoms with van der Waals surface area (Å²) >= 11 is 0. The van der Waals surface area contributed by atoms with E-state index in [1.54, 1.807) is 6.07 Å². The van der Waals surface area contributed by atoms with Gasteiger partial charge in [-0.15, -0.1) is 0 Å². The van der Waals surface area contributed by atoms with Gasteiger partial charge in [-0.3, -0.25) is 14.7 Å². The second kappa shape index (κ2) is 6.27. The Kier molecular flexibility index (Phi) is 4.05. The molecule has 2 aliphatic rings. The van der Waals surface area contributed by atoms with E-state index >= 15 is 0 Å². The van der Waals surface area contributed by atoms with Crippen molar-refractivity contribution in [3.8, 4) is 0 Å². The van der Waals surface area contributed by atoms with Gasteiger partial charge in [-0.1, -0.05) is 18.2 Å². The number of likely N-dealkylation sites (tertiary alicyclic amines) is 1. The second-order valence-corrected chi connectivity index (χ2v) is 7.34. The number of nitrogens with one attached hydrogen (secondary N) is 1. The summed E-state index contributed by atoms with van der Waals surface area (Å²) in [6.45, 7) is 5.89. The first-order valence-electron chi connectivity index (χ1n) is 9.25. The number of carbonyl (C=O) groups excluding carboxylic acids is 2. The fraction of sp³-hybridized carbons (Fsp3) is 0.450. The standard InChI is InChI=1S/C20H24N4O2/c1-3-24-17-7-5-4-6-15(17)20(13-18(24)25)8-10-23(11-9-20)19(26)16-12-14(2)21-22-16/h4-7,12H,3,8-11,13H2,1-2H3,(H,21,22). The van der Waals surface area contributed by atoms with Crippen molar-refractivity contribution in [1.82, 2.24) is 15.1 Å². The van der Waals surface area contributed by atoms with Crippen LogP contribution in [0.3, 0.4) is 0 Å². The van der Waals surface area contributed by atoms with Crippen molar-refractivity contribution in [3.63, 3.8) is 0 Å². The van der Waals surface area contributed by atoms with E-state index in [4.69, 9.17) is 0 Å². The summed E-state index contributed by atoms with van der Waals surface area (Å²) in [7, 11) is 0. The van der Waals surface area contributed by atoms with Crippen LogP contribution in [0.15, 0.2) is 30.3 Å². The molecule has 6 nitrogen and oxygen atoms in total. The Balaban J connectivity index is 1.58. The van der Waals surface area contributed by atoms with Gasteiger partial charge >= 0.3 is 0 Å². The number of nitrogens with zero attached hydrogens (tertiary/aromatic N) is 3. The molecule has 1 fully saturated rings. The number of piperidine rings is 1. The second-order valence-electron chi connectivity index (χ2n) is 7.34. The molecule has 0 atom stereocenters. The molecule has 1 aromatic carbocycles. The number of para-hydroxylation sites is 1. The highest BCUT2D eigenvalue weighted by Gasteiger charge is 2.45. The van der Waals surface area contributed by atoms with E-state index in [1.165, 1.54) is 5.56 Å². The van der Waals surface area contributed by atoms with Gasteiger partial charge in [0.05, 0.1) is 0 Å². The number of amides is 2. The van der Waals surface area contributed by atoms with Gasteiger partial charge < -0.3 is 9.80 Å². The summed E-state index contributed by atoms with van der Waals surface area (Å²) in [4.78, 5) is 29.1. The van der Waals surface area contributed by atoms with E-state index in [1.807, 2.05) is 41.8 Å². The fourth-order valence-electron chi connectivity index (χ4n) is 4.39. The highest BCUT2D eigenvalue weighted by Crippen LogP contribution is 2.46. The molecular formula is C20H24N4O2. The largest absolute Gasteiger partial charge is 0.337 e. The lowest BCUT2D eigenvalue weighted by molar-refractivity contribution is -0.120. The van der Waals surface area contributed by atoms with Crippen LogP contribution in [0.1, 0.15) is 47.9 Å². The highest BCUT2D eigenvalue weighted by molar-refractivity contribution is 5.98. The molecule has 1 spiro atoms. The van der Waals surface area contributed by atoms with Crippen molar-refractivity contribution in [2.75, 3.05) is 24.5 Å². The van der Waals surface area contributed by atoms with E-state index < -0.39 is 0 Å². The maximum atomic E-state index is 12.7. The fourth-order valence-corrected chi connectivity index (χ4v) is 4.39. The average molecular weight is 352 g/mol. The zero-order valence-electron chi connectivity index (χ0n) is 15.3. The van der Waals surface area contributed by atoms with Crippen molar-refractivity contribution >= 4 is 17.5 Å². The molecule has 26 heavy (non-hydrogen) atoms. The van der Waals surface area contributed by atoms with Crippen molar-refractivity contribution in [1.29, 1.82) is 0 Å². The molecule has 0 radical (unpaired) electrons. The lowest BCUT2D eigenvalue weighted by Gasteiger charge is -2.47. The van der Waals surface area contributed by atoms with Crippen molar-refractivity contribution < 1.29 is 9.59 Å². The summed E-state index contributed by atoms with van der Waals surface area (Å²) in [5.74, 6) is 0.156. The monoisotopic (exact) mass is 352 g/mol. The third-order valence-electron chi connectivity index (χ3n) is 5.81. The number of carbonyl (C=O) groups is 2. The Morgan fingerprint density at radius 1 is 1.27 bits per heavy atom. The van der Waals surface area contributed by atoms with Gasteiger partial charge in [0.25, 0.3) is 5.91 Å². The van der Waals surface area contributed by atoms with E-state index in [0.29, 0.717) is 31.7 Å². The van der Waals surface area contributed by atoms with Gasteiger partial charge in [-0.2, -0.15) is 5.10 Å². The molecule has 0 saturated carbocycles. The van der Waals surface area contributed by atoms with Crippen LogP contribution in [0.25, 0.3) is 0 Å². The summed E-state index contributed by atoms with van der Waals surface area (Å²) in [6.07, 6.45) is 2.15. The number of hydrogen-bond acceptors (Lipinski definition) is 3. The van der Waals surface area contributed by atoms with Crippen molar-refractivity contribution in [2.45, 2.75) is 38.5 Å². The zero-order chi connectivity index (χ0) is 18.3. The smallest absolute Gasteiger partial charge is 0.274 e. The number of aromatic nitrogens is 2. The predicted octanol–water partition coefficient (Wildman–Crippen LogP) is 2.65. The van der Waals surface area contributed by atoms with E-state index in [0.717, 1.165) is 24.2 Å². The van der Waals surface area contributed by atoms with Crippen LogP contribution in [-0.4, -0.2) is 46.5 Å². The lowest BCUT2D eigenvalue weighted by Crippen LogP contribution is -2.51. The number of aryl methyl sites for hydroxylation is 1. The van der Waals surface area contributed by atoms with Crippen LogP contribution < -0.4 is 4.90 Å². The first-order valence-corrected chi connectivity index (χ1v) is 9.25. The minimum atomic E-state index is -0.155. The number of aromatic amines is 1. The molecule has 1 aromatic heterocycles. The molecule has 2 aliphatic heterocycles. The minimum absolute atomic E-state index is 0.0326. The van der Waals surface area contributed by atoms with Crippen molar-refractivity contribution in [3.05, 3.63) is 47.3 Å². The highest BCUT2D eigenvalue weighted by atomic mass is 16.2. The number of hydrogen-bond donors (Lipinski definition) is 1. The van der Waals surface area contributed by atoms with Gasteiger partial charge in [0.1, 0.15) is 5.69 Å². The SMILES string of the molecule is CCN1C(=O)CC2(CCN(C(=O)c3cc(C)[nH]n3)CC2)c2ccccc21. The van der Waals surface area contributed by atoms with Gasteiger partial charge in [0.15, 0.2) is 0 Å². The Morgan fingerprint density at radius 3 is 2.65 bits per heavy atom. The van der Waals surface area contributed by atoms with Crippen molar-refractivity contribution in [2.24, 2.45) is 0 Å². The molecule has 0 aliphatic carbocycles. The quantitative estimate of drug-likeness (QED) is 0.903. The topological polar surface area (TPSA) is 69.3 Å². The first kappa shape index (κ1) is 16.8. The van der Waals surface area contributed by atoms with Crippen LogP contribution in [-0.2, 0) is 10.2 Å². The summed E-state index contributed by atoms with van der Waals surface area (Å²) in [5, 5.41) is 6.91. The normalized spacial score (nSPS) is 18.9. The Hall–Kier alpha value is -2.63. The Labute approximate surface area is 153 Å². The van der Waals surface area contributed by atoms with Crippen LogP contribution in [0.5, 0.6) is 0 Å². The molecule has 3 heterocycles. The van der Waals surface area contributed by atoms with Gasteiger partial charge in [-0.25, -0.2) is 0 Å². The maximum absolute atomic E-state index is 12.7. The number of H-pyrrole nitrogens is 1. The maximum Gasteiger partial charge on any atom is 0.274 e. The van der Waals surface area contributed by atoms with Crippen LogP contribution in [0.4, 0.5) is 5.69 Å². The summed E-state index contributed by atoms with van der Waals surface area (Å²) in [6, 6.07) is 10.0.